The molecule has 1 aromatic carbocycles. The molecule has 0 bridgehead atoms. The zero-order valence-electron chi connectivity index (χ0n) is 12.3. The number of unbranched alkanes of at least 4 members (excludes halogenated alkanes) is 2. The molecule has 3 heteroatoms. The van der Waals surface area contributed by atoms with Crippen molar-refractivity contribution in [2.45, 2.75) is 39.2 Å². The molecule has 0 aliphatic heterocycles. The van der Waals surface area contributed by atoms with Gasteiger partial charge < -0.3 is 10.2 Å². The molecule has 0 unspecified atom stereocenters. The van der Waals surface area contributed by atoms with Crippen LogP contribution in [0, 0.1) is 0 Å². The van der Waals surface area contributed by atoms with Crippen LogP contribution in [0.3, 0.4) is 0 Å². The lowest BCUT2D eigenvalue weighted by atomic mass is 10.2. The molecule has 0 fully saturated rings. The van der Waals surface area contributed by atoms with Crippen LogP contribution in [-0.4, -0.2) is 31.6 Å². The van der Waals surface area contributed by atoms with Crippen LogP contribution in [0.25, 0.3) is 0 Å². The highest BCUT2D eigenvalue weighted by atomic mass is 35.5. The van der Waals surface area contributed by atoms with E-state index in [-0.39, 0.29) is 0 Å². The minimum atomic E-state index is 0.873. The Labute approximate surface area is 123 Å². The largest absolute Gasteiger partial charge is 0.317 e. The van der Waals surface area contributed by atoms with Crippen molar-refractivity contribution in [1.82, 2.24) is 10.2 Å². The number of hydrogen-bond donors (Lipinski definition) is 1. The highest BCUT2D eigenvalue weighted by Crippen LogP contribution is 2.16. The molecule has 1 aromatic rings. The van der Waals surface area contributed by atoms with Gasteiger partial charge in [-0.05, 0) is 57.6 Å². The fraction of sp³-hybridized carbons (Fsp3) is 0.625. The molecular weight excluding hydrogens is 256 g/mol. The van der Waals surface area contributed by atoms with Crippen LogP contribution in [0.5, 0.6) is 0 Å². The van der Waals surface area contributed by atoms with Gasteiger partial charge in [0.1, 0.15) is 0 Å². The molecule has 0 spiro atoms. The Kier molecular flexibility index (Phi) is 8.89. The maximum atomic E-state index is 6.17. The smallest absolute Gasteiger partial charge is 0.0451 e. The third kappa shape index (κ3) is 7.56. The van der Waals surface area contributed by atoms with Crippen molar-refractivity contribution in [3.8, 4) is 0 Å². The number of halogens is 1. The van der Waals surface area contributed by atoms with Gasteiger partial charge in [-0.2, -0.15) is 0 Å². The maximum absolute atomic E-state index is 6.17. The average molecular weight is 283 g/mol. The number of rotatable bonds is 10. The van der Waals surface area contributed by atoms with E-state index in [1.807, 2.05) is 12.1 Å². The standard InChI is InChI=1S/C16H27ClN2/c1-3-11-18-12-7-4-8-13-19(2)14-15-9-5-6-10-16(15)17/h5-6,9-10,18H,3-4,7-8,11-14H2,1-2H3. The van der Waals surface area contributed by atoms with Crippen LogP contribution in [0.15, 0.2) is 24.3 Å². The fourth-order valence-electron chi connectivity index (χ4n) is 2.11. The summed E-state index contributed by atoms with van der Waals surface area (Å²) in [4.78, 5) is 2.35. The van der Waals surface area contributed by atoms with E-state index in [0.29, 0.717) is 0 Å². The van der Waals surface area contributed by atoms with Gasteiger partial charge in [0.2, 0.25) is 0 Å². The monoisotopic (exact) mass is 282 g/mol. The molecule has 0 atom stereocenters. The van der Waals surface area contributed by atoms with E-state index in [0.717, 1.165) is 31.2 Å². The van der Waals surface area contributed by atoms with Crippen molar-refractivity contribution >= 4 is 11.6 Å². The Morgan fingerprint density at radius 1 is 1.11 bits per heavy atom. The summed E-state index contributed by atoms with van der Waals surface area (Å²) in [5, 5.41) is 4.31. The maximum Gasteiger partial charge on any atom is 0.0451 e. The van der Waals surface area contributed by atoms with Crippen LogP contribution >= 0.6 is 11.6 Å². The topological polar surface area (TPSA) is 15.3 Å². The van der Waals surface area contributed by atoms with Gasteiger partial charge in [0.05, 0.1) is 0 Å². The Morgan fingerprint density at radius 2 is 1.89 bits per heavy atom. The summed E-state index contributed by atoms with van der Waals surface area (Å²) < 4.78 is 0. The first-order valence-corrected chi connectivity index (χ1v) is 7.74. The van der Waals surface area contributed by atoms with E-state index in [1.54, 1.807) is 0 Å². The first kappa shape index (κ1) is 16.5. The third-order valence-corrected chi connectivity index (χ3v) is 3.59. The van der Waals surface area contributed by atoms with E-state index in [9.17, 15) is 0 Å². The van der Waals surface area contributed by atoms with Crippen LogP contribution < -0.4 is 5.32 Å². The zero-order valence-corrected chi connectivity index (χ0v) is 13.0. The predicted molar refractivity (Wildman–Crippen MR) is 84.8 cm³/mol. The van der Waals surface area contributed by atoms with E-state index in [4.69, 9.17) is 11.6 Å². The van der Waals surface area contributed by atoms with E-state index in [2.05, 4.69) is 36.3 Å². The molecule has 1 rings (SSSR count). The first-order chi connectivity index (χ1) is 9.24. The van der Waals surface area contributed by atoms with Crippen LogP contribution in [0.1, 0.15) is 38.2 Å². The summed E-state index contributed by atoms with van der Waals surface area (Å²) in [6.07, 6.45) is 5.05. The van der Waals surface area contributed by atoms with E-state index < -0.39 is 0 Å². The lowest BCUT2D eigenvalue weighted by molar-refractivity contribution is 0.317. The minimum Gasteiger partial charge on any atom is -0.317 e. The molecule has 0 heterocycles. The molecule has 0 saturated heterocycles. The summed E-state index contributed by atoms with van der Waals surface area (Å²) in [6.45, 7) is 6.58. The number of hydrogen-bond acceptors (Lipinski definition) is 2. The molecule has 0 aliphatic rings. The van der Waals surface area contributed by atoms with Gasteiger partial charge in [-0.15, -0.1) is 0 Å². The van der Waals surface area contributed by atoms with Crippen molar-refractivity contribution in [3.05, 3.63) is 34.9 Å². The quantitative estimate of drug-likeness (QED) is 0.654. The summed E-state index contributed by atoms with van der Waals surface area (Å²) in [5.74, 6) is 0. The lowest BCUT2D eigenvalue weighted by Gasteiger charge is -2.17. The SMILES string of the molecule is CCCNCCCCCN(C)Cc1ccccc1Cl. The Morgan fingerprint density at radius 3 is 2.63 bits per heavy atom. The van der Waals surface area contributed by atoms with Gasteiger partial charge in [-0.25, -0.2) is 0 Å². The van der Waals surface area contributed by atoms with E-state index in [1.165, 1.54) is 31.2 Å². The third-order valence-electron chi connectivity index (χ3n) is 3.22. The summed E-state index contributed by atoms with van der Waals surface area (Å²) >= 11 is 6.17. The molecule has 2 nitrogen and oxygen atoms in total. The second-order valence-corrected chi connectivity index (χ2v) is 5.55. The van der Waals surface area contributed by atoms with Crippen LogP contribution in [-0.2, 0) is 6.54 Å². The van der Waals surface area contributed by atoms with Gasteiger partial charge in [0.25, 0.3) is 0 Å². The first-order valence-electron chi connectivity index (χ1n) is 7.36. The van der Waals surface area contributed by atoms with Gasteiger partial charge >= 0.3 is 0 Å². The fourth-order valence-corrected chi connectivity index (χ4v) is 2.30. The van der Waals surface area contributed by atoms with Crippen molar-refractivity contribution in [1.29, 1.82) is 0 Å². The average Bonchev–Trinajstić information content (AvgIpc) is 2.40. The van der Waals surface area contributed by atoms with Crippen LogP contribution in [0.4, 0.5) is 0 Å². The molecule has 0 amide bonds. The number of benzene rings is 1. The second-order valence-electron chi connectivity index (χ2n) is 5.14. The Bertz CT molecular complexity index is 341. The lowest BCUT2D eigenvalue weighted by Crippen LogP contribution is -2.20. The van der Waals surface area contributed by atoms with Crippen LogP contribution in [0.2, 0.25) is 5.02 Å². The minimum absolute atomic E-state index is 0.873. The second kappa shape index (κ2) is 10.2. The molecule has 0 radical (unpaired) electrons. The normalized spacial score (nSPS) is 11.2. The van der Waals surface area contributed by atoms with Crippen molar-refractivity contribution in [2.75, 3.05) is 26.7 Å². The van der Waals surface area contributed by atoms with E-state index >= 15 is 0 Å². The molecule has 0 aliphatic carbocycles. The molecule has 1 N–H and O–H groups in total. The number of nitrogens with zero attached hydrogens (tertiary/aromatic N) is 1. The van der Waals surface area contributed by atoms with Crippen molar-refractivity contribution in [2.24, 2.45) is 0 Å². The molecule has 19 heavy (non-hydrogen) atoms. The zero-order chi connectivity index (χ0) is 13.9. The molecule has 0 aromatic heterocycles. The predicted octanol–water partition coefficient (Wildman–Crippen LogP) is 3.94. The van der Waals surface area contributed by atoms with Crippen molar-refractivity contribution in [3.63, 3.8) is 0 Å². The summed E-state index contributed by atoms with van der Waals surface area (Å²) in [7, 11) is 2.17. The molecular formula is C16H27ClN2. The number of nitrogens with one attached hydrogen (secondary N) is 1. The summed E-state index contributed by atoms with van der Waals surface area (Å²) in [5.41, 5.74) is 1.22. The van der Waals surface area contributed by atoms with Gasteiger partial charge in [-0.3, -0.25) is 0 Å². The molecule has 0 saturated carbocycles. The summed E-state index contributed by atoms with van der Waals surface area (Å²) in [6, 6.07) is 8.10. The van der Waals surface area contributed by atoms with Gasteiger partial charge in [0, 0.05) is 11.6 Å². The highest BCUT2D eigenvalue weighted by molar-refractivity contribution is 6.31. The van der Waals surface area contributed by atoms with Crippen molar-refractivity contribution < 1.29 is 0 Å². The highest BCUT2D eigenvalue weighted by Gasteiger charge is 2.03. The molecule has 108 valence electrons. The van der Waals surface area contributed by atoms with Gasteiger partial charge in [0.15, 0.2) is 0 Å². The Hall–Kier alpha value is -0.570. The Balaban J connectivity index is 2.08. The van der Waals surface area contributed by atoms with Gasteiger partial charge in [-0.1, -0.05) is 43.1 Å².